The molecule has 2 aromatic carbocycles. The summed E-state index contributed by atoms with van der Waals surface area (Å²) >= 11 is 0. The smallest absolute Gasteiger partial charge is 0.117 e. The molecule has 2 heterocycles. The SMILES string of the molecule is Cc1ccc(Cn2cc(CNCc3ccco3)c3ccccc32)cc1. The minimum Gasteiger partial charge on any atom is -0.468 e. The Morgan fingerprint density at radius 2 is 1.76 bits per heavy atom. The molecule has 126 valence electrons. The van der Waals surface area contributed by atoms with Gasteiger partial charge in [-0.05, 0) is 36.2 Å². The molecule has 1 N–H and O–H groups in total. The first-order chi connectivity index (χ1) is 12.3. The highest BCUT2D eigenvalue weighted by Crippen LogP contribution is 2.22. The number of aryl methyl sites for hydroxylation is 1. The van der Waals surface area contributed by atoms with E-state index in [9.17, 15) is 0 Å². The lowest BCUT2D eigenvalue weighted by Crippen LogP contribution is -2.11. The fraction of sp³-hybridized carbons (Fsp3) is 0.182. The molecule has 0 saturated carbocycles. The summed E-state index contributed by atoms with van der Waals surface area (Å²) in [5.41, 5.74) is 5.21. The standard InChI is InChI=1S/C22H22N2O/c1-17-8-10-18(11-9-17)15-24-16-19(21-6-2-3-7-22(21)24)13-23-14-20-5-4-12-25-20/h2-12,16,23H,13-15H2,1H3. The molecule has 0 spiro atoms. The van der Waals surface area contributed by atoms with Crippen molar-refractivity contribution in [1.29, 1.82) is 0 Å². The molecule has 25 heavy (non-hydrogen) atoms. The van der Waals surface area contributed by atoms with Crippen LogP contribution in [0.4, 0.5) is 0 Å². The Morgan fingerprint density at radius 1 is 0.920 bits per heavy atom. The summed E-state index contributed by atoms with van der Waals surface area (Å²) in [6, 6.07) is 21.3. The summed E-state index contributed by atoms with van der Waals surface area (Å²) in [5.74, 6) is 0.961. The van der Waals surface area contributed by atoms with E-state index >= 15 is 0 Å². The van der Waals surface area contributed by atoms with Crippen LogP contribution in [0.3, 0.4) is 0 Å². The van der Waals surface area contributed by atoms with Crippen molar-refractivity contribution in [2.24, 2.45) is 0 Å². The number of fused-ring (bicyclic) bond motifs is 1. The van der Waals surface area contributed by atoms with E-state index in [1.165, 1.54) is 27.6 Å². The Bertz CT molecular complexity index is 950. The average Bonchev–Trinajstić information content (AvgIpc) is 3.26. The van der Waals surface area contributed by atoms with E-state index in [1.54, 1.807) is 6.26 Å². The van der Waals surface area contributed by atoms with Crippen LogP contribution in [0.5, 0.6) is 0 Å². The van der Waals surface area contributed by atoms with E-state index in [1.807, 2.05) is 12.1 Å². The Kier molecular flexibility index (Phi) is 4.40. The molecular formula is C22H22N2O. The lowest BCUT2D eigenvalue weighted by molar-refractivity contribution is 0.483. The maximum absolute atomic E-state index is 5.39. The van der Waals surface area contributed by atoms with Gasteiger partial charge in [-0.25, -0.2) is 0 Å². The quantitative estimate of drug-likeness (QED) is 0.546. The Morgan fingerprint density at radius 3 is 2.56 bits per heavy atom. The third kappa shape index (κ3) is 3.52. The van der Waals surface area contributed by atoms with Gasteiger partial charge in [0, 0.05) is 30.2 Å². The summed E-state index contributed by atoms with van der Waals surface area (Å²) in [4.78, 5) is 0. The number of aromatic nitrogens is 1. The fourth-order valence-electron chi connectivity index (χ4n) is 3.22. The van der Waals surface area contributed by atoms with Crippen LogP contribution in [0.15, 0.2) is 77.5 Å². The number of hydrogen-bond acceptors (Lipinski definition) is 2. The van der Waals surface area contributed by atoms with Crippen LogP contribution >= 0.6 is 0 Å². The molecule has 0 fully saturated rings. The molecule has 0 atom stereocenters. The van der Waals surface area contributed by atoms with Crippen molar-refractivity contribution in [2.45, 2.75) is 26.6 Å². The van der Waals surface area contributed by atoms with Crippen LogP contribution < -0.4 is 5.32 Å². The van der Waals surface area contributed by atoms with Crippen molar-refractivity contribution in [3.63, 3.8) is 0 Å². The van der Waals surface area contributed by atoms with E-state index in [0.717, 1.165) is 25.4 Å². The highest BCUT2D eigenvalue weighted by Gasteiger charge is 2.08. The fourth-order valence-corrected chi connectivity index (χ4v) is 3.22. The molecule has 0 aliphatic heterocycles. The van der Waals surface area contributed by atoms with Crippen molar-refractivity contribution >= 4 is 10.9 Å². The number of para-hydroxylation sites is 1. The van der Waals surface area contributed by atoms with Crippen molar-refractivity contribution in [3.05, 3.63) is 95.6 Å². The van der Waals surface area contributed by atoms with Gasteiger partial charge in [-0.15, -0.1) is 0 Å². The Labute approximate surface area is 147 Å². The van der Waals surface area contributed by atoms with E-state index in [4.69, 9.17) is 4.42 Å². The normalized spacial score (nSPS) is 11.2. The first-order valence-corrected chi connectivity index (χ1v) is 8.65. The number of furan rings is 1. The molecule has 3 nitrogen and oxygen atoms in total. The second kappa shape index (κ2) is 6.99. The third-order valence-corrected chi connectivity index (χ3v) is 4.54. The summed E-state index contributed by atoms with van der Waals surface area (Å²) in [6.45, 7) is 4.57. The maximum atomic E-state index is 5.39. The van der Waals surface area contributed by atoms with Crippen molar-refractivity contribution in [3.8, 4) is 0 Å². The molecular weight excluding hydrogens is 308 g/mol. The minimum atomic E-state index is 0.741. The molecule has 3 heteroatoms. The van der Waals surface area contributed by atoms with Gasteiger partial charge >= 0.3 is 0 Å². The van der Waals surface area contributed by atoms with Gasteiger partial charge < -0.3 is 14.3 Å². The van der Waals surface area contributed by atoms with Crippen molar-refractivity contribution in [1.82, 2.24) is 9.88 Å². The van der Waals surface area contributed by atoms with E-state index in [0.29, 0.717) is 0 Å². The highest BCUT2D eigenvalue weighted by molar-refractivity contribution is 5.84. The minimum absolute atomic E-state index is 0.741. The molecule has 0 aliphatic rings. The molecule has 0 radical (unpaired) electrons. The van der Waals surface area contributed by atoms with E-state index in [-0.39, 0.29) is 0 Å². The van der Waals surface area contributed by atoms with Gasteiger partial charge in [0.25, 0.3) is 0 Å². The molecule has 0 aliphatic carbocycles. The van der Waals surface area contributed by atoms with Crippen molar-refractivity contribution in [2.75, 3.05) is 0 Å². The zero-order chi connectivity index (χ0) is 17.1. The maximum Gasteiger partial charge on any atom is 0.117 e. The number of nitrogens with one attached hydrogen (secondary N) is 1. The van der Waals surface area contributed by atoms with Gasteiger partial charge in [0.15, 0.2) is 0 Å². The van der Waals surface area contributed by atoms with Gasteiger partial charge in [-0.3, -0.25) is 0 Å². The summed E-state index contributed by atoms with van der Waals surface area (Å²) in [6.07, 6.45) is 3.98. The number of benzene rings is 2. The summed E-state index contributed by atoms with van der Waals surface area (Å²) in [7, 11) is 0. The molecule has 0 saturated heterocycles. The number of nitrogens with zero attached hydrogens (tertiary/aromatic N) is 1. The van der Waals surface area contributed by atoms with Gasteiger partial charge in [-0.2, -0.15) is 0 Å². The molecule has 2 aromatic heterocycles. The van der Waals surface area contributed by atoms with Crippen LogP contribution in [0.2, 0.25) is 0 Å². The highest BCUT2D eigenvalue weighted by atomic mass is 16.3. The zero-order valence-electron chi connectivity index (χ0n) is 14.4. The predicted molar refractivity (Wildman–Crippen MR) is 101 cm³/mol. The second-order valence-electron chi connectivity index (χ2n) is 6.47. The monoisotopic (exact) mass is 330 g/mol. The largest absolute Gasteiger partial charge is 0.468 e. The van der Waals surface area contributed by atoms with E-state index < -0.39 is 0 Å². The molecule has 4 aromatic rings. The molecule has 0 bridgehead atoms. The third-order valence-electron chi connectivity index (χ3n) is 4.54. The molecule has 0 unspecified atom stereocenters. The van der Waals surface area contributed by atoms with Crippen LogP contribution in [0.1, 0.15) is 22.5 Å². The molecule has 4 rings (SSSR count). The zero-order valence-corrected chi connectivity index (χ0v) is 14.4. The van der Waals surface area contributed by atoms with Crippen LogP contribution in [-0.4, -0.2) is 4.57 Å². The number of rotatable bonds is 6. The lowest BCUT2D eigenvalue weighted by Gasteiger charge is -2.06. The topological polar surface area (TPSA) is 30.1 Å². The summed E-state index contributed by atoms with van der Waals surface area (Å²) in [5, 5.41) is 4.78. The second-order valence-corrected chi connectivity index (χ2v) is 6.47. The van der Waals surface area contributed by atoms with Crippen molar-refractivity contribution < 1.29 is 4.42 Å². The van der Waals surface area contributed by atoms with Gasteiger partial charge in [-0.1, -0.05) is 48.0 Å². The first-order valence-electron chi connectivity index (χ1n) is 8.65. The van der Waals surface area contributed by atoms with Gasteiger partial charge in [0.1, 0.15) is 5.76 Å². The lowest BCUT2D eigenvalue weighted by atomic mass is 10.1. The van der Waals surface area contributed by atoms with Crippen LogP contribution in [0, 0.1) is 6.92 Å². The average molecular weight is 330 g/mol. The van der Waals surface area contributed by atoms with Gasteiger partial charge in [0.05, 0.1) is 12.8 Å². The van der Waals surface area contributed by atoms with Crippen LogP contribution in [0.25, 0.3) is 10.9 Å². The number of hydrogen-bond donors (Lipinski definition) is 1. The Balaban J connectivity index is 1.56. The van der Waals surface area contributed by atoms with Crippen LogP contribution in [-0.2, 0) is 19.6 Å². The summed E-state index contributed by atoms with van der Waals surface area (Å²) < 4.78 is 7.72. The first kappa shape index (κ1) is 15.7. The van der Waals surface area contributed by atoms with Gasteiger partial charge in [0.2, 0.25) is 0 Å². The predicted octanol–water partition coefficient (Wildman–Crippen LogP) is 4.88. The van der Waals surface area contributed by atoms with E-state index in [2.05, 4.69) is 71.5 Å². The molecule has 0 amide bonds. The Hall–Kier alpha value is -2.78.